The minimum absolute atomic E-state index is 0.0159. The van der Waals surface area contributed by atoms with Crippen LogP contribution in [-0.4, -0.2) is 55.7 Å². The first kappa shape index (κ1) is 13.8. The van der Waals surface area contributed by atoms with Crippen LogP contribution >= 0.6 is 0 Å². The minimum Gasteiger partial charge on any atom is -0.480 e. The molecule has 0 aromatic heterocycles. The van der Waals surface area contributed by atoms with Gasteiger partial charge in [0.2, 0.25) is 10.0 Å². The zero-order valence-corrected chi connectivity index (χ0v) is 11.2. The van der Waals surface area contributed by atoms with E-state index in [1.807, 2.05) is 0 Å². The number of carbonyl (C=O) groups is 1. The molecule has 18 heavy (non-hydrogen) atoms. The molecule has 6 nitrogen and oxygen atoms in total. The molecule has 0 aromatic carbocycles. The molecule has 1 atom stereocenters. The van der Waals surface area contributed by atoms with E-state index in [2.05, 4.69) is 5.32 Å². The van der Waals surface area contributed by atoms with Crippen LogP contribution in [0.2, 0.25) is 0 Å². The maximum atomic E-state index is 11.9. The molecule has 2 aliphatic rings. The smallest absolute Gasteiger partial charge is 0.320 e. The number of rotatable bonds is 3. The highest BCUT2D eigenvalue weighted by Crippen LogP contribution is 2.36. The van der Waals surface area contributed by atoms with Crippen LogP contribution in [0, 0.1) is 5.41 Å². The molecule has 104 valence electrons. The van der Waals surface area contributed by atoms with Crippen molar-refractivity contribution in [1.82, 2.24) is 9.62 Å². The van der Waals surface area contributed by atoms with Gasteiger partial charge in [0.15, 0.2) is 5.75 Å². The lowest BCUT2D eigenvalue weighted by molar-refractivity contribution is -0.134. The lowest BCUT2D eigenvalue weighted by atomic mass is 9.75. The molecule has 0 saturated carbocycles. The molecular weight excluding hydrogens is 256 g/mol. The minimum atomic E-state index is -3.65. The highest BCUT2D eigenvalue weighted by atomic mass is 32.2. The van der Waals surface area contributed by atoms with Crippen molar-refractivity contribution < 1.29 is 18.3 Å². The predicted octanol–water partition coefficient (Wildman–Crippen LogP) is -0.134. The van der Waals surface area contributed by atoms with Gasteiger partial charge in [-0.2, -0.15) is 0 Å². The Balaban J connectivity index is 2.08. The van der Waals surface area contributed by atoms with Crippen LogP contribution in [-0.2, 0) is 14.8 Å². The van der Waals surface area contributed by atoms with Crippen molar-refractivity contribution in [3.05, 3.63) is 0 Å². The Morgan fingerprint density at radius 3 is 2.67 bits per heavy atom. The van der Waals surface area contributed by atoms with Gasteiger partial charge < -0.3 is 10.4 Å². The van der Waals surface area contributed by atoms with Crippen LogP contribution in [0.25, 0.3) is 0 Å². The fourth-order valence-electron chi connectivity index (χ4n) is 3.03. The zero-order valence-electron chi connectivity index (χ0n) is 10.4. The van der Waals surface area contributed by atoms with Gasteiger partial charge in [-0.15, -0.1) is 0 Å². The van der Waals surface area contributed by atoms with Crippen molar-refractivity contribution in [3.8, 4) is 0 Å². The van der Waals surface area contributed by atoms with Crippen molar-refractivity contribution in [1.29, 1.82) is 0 Å². The SMILES string of the molecule is O=C(O)CS(=O)(=O)N1CCCC2(CCCNC2)C1. The van der Waals surface area contributed by atoms with E-state index in [4.69, 9.17) is 5.11 Å². The third-order valence-electron chi connectivity index (χ3n) is 3.89. The number of hydrogen-bond acceptors (Lipinski definition) is 4. The summed E-state index contributed by atoms with van der Waals surface area (Å²) in [6.45, 7) is 2.75. The summed E-state index contributed by atoms with van der Waals surface area (Å²) in [6.07, 6.45) is 3.94. The summed E-state index contributed by atoms with van der Waals surface area (Å²) < 4.78 is 25.3. The van der Waals surface area contributed by atoms with Crippen molar-refractivity contribution in [2.45, 2.75) is 25.7 Å². The maximum absolute atomic E-state index is 11.9. The first-order valence-electron chi connectivity index (χ1n) is 6.34. The molecule has 1 unspecified atom stereocenters. The molecule has 0 amide bonds. The fourth-order valence-corrected chi connectivity index (χ4v) is 4.40. The third kappa shape index (κ3) is 3.02. The van der Waals surface area contributed by atoms with Crippen LogP contribution < -0.4 is 5.32 Å². The molecular formula is C11H20N2O4S. The second-order valence-corrected chi connectivity index (χ2v) is 7.34. The van der Waals surface area contributed by atoms with E-state index in [0.29, 0.717) is 13.1 Å². The summed E-state index contributed by atoms with van der Waals surface area (Å²) in [5, 5.41) is 12.0. The average molecular weight is 276 g/mol. The van der Waals surface area contributed by atoms with E-state index in [1.54, 1.807) is 0 Å². The molecule has 0 radical (unpaired) electrons. The number of nitrogens with zero attached hydrogens (tertiary/aromatic N) is 1. The Labute approximate surface area is 107 Å². The van der Waals surface area contributed by atoms with Gasteiger partial charge in [0, 0.05) is 19.6 Å². The van der Waals surface area contributed by atoms with E-state index in [9.17, 15) is 13.2 Å². The van der Waals surface area contributed by atoms with Gasteiger partial charge in [-0.3, -0.25) is 4.79 Å². The second kappa shape index (κ2) is 5.14. The van der Waals surface area contributed by atoms with Crippen LogP contribution in [0.15, 0.2) is 0 Å². The Bertz CT molecular complexity index is 409. The number of hydrogen-bond donors (Lipinski definition) is 2. The van der Waals surface area contributed by atoms with Crippen LogP contribution in [0.1, 0.15) is 25.7 Å². The summed E-state index contributed by atoms with van der Waals surface area (Å²) >= 11 is 0. The number of piperidine rings is 2. The molecule has 1 spiro atoms. The number of carboxylic acid groups (broad SMARTS) is 1. The molecule has 2 rings (SSSR count). The van der Waals surface area contributed by atoms with Gasteiger partial charge in [-0.05, 0) is 37.6 Å². The monoisotopic (exact) mass is 276 g/mol. The van der Waals surface area contributed by atoms with Crippen LogP contribution in [0.4, 0.5) is 0 Å². The lowest BCUT2D eigenvalue weighted by Crippen LogP contribution is -2.53. The quantitative estimate of drug-likeness (QED) is 0.749. The van der Waals surface area contributed by atoms with Crippen molar-refractivity contribution in [3.63, 3.8) is 0 Å². The third-order valence-corrected chi connectivity index (χ3v) is 5.60. The first-order valence-corrected chi connectivity index (χ1v) is 7.95. The van der Waals surface area contributed by atoms with Gasteiger partial charge in [0.1, 0.15) is 0 Å². The van der Waals surface area contributed by atoms with E-state index in [1.165, 1.54) is 4.31 Å². The Morgan fingerprint density at radius 1 is 1.33 bits per heavy atom. The molecule has 2 heterocycles. The maximum Gasteiger partial charge on any atom is 0.320 e. The second-order valence-electron chi connectivity index (χ2n) is 5.37. The van der Waals surface area contributed by atoms with Crippen molar-refractivity contribution >= 4 is 16.0 Å². The first-order chi connectivity index (χ1) is 8.44. The largest absolute Gasteiger partial charge is 0.480 e. The molecule has 2 N–H and O–H groups in total. The van der Waals surface area contributed by atoms with Gasteiger partial charge in [0.25, 0.3) is 0 Å². The van der Waals surface area contributed by atoms with Gasteiger partial charge in [-0.1, -0.05) is 0 Å². The number of nitrogens with one attached hydrogen (secondary N) is 1. The van der Waals surface area contributed by atoms with Gasteiger partial charge >= 0.3 is 5.97 Å². The van der Waals surface area contributed by atoms with Gasteiger partial charge in [0.05, 0.1) is 0 Å². The number of sulfonamides is 1. The summed E-state index contributed by atoms with van der Waals surface area (Å²) in [6, 6.07) is 0. The molecule has 0 bridgehead atoms. The lowest BCUT2D eigenvalue weighted by Gasteiger charge is -2.44. The molecule has 2 saturated heterocycles. The number of carboxylic acids is 1. The highest BCUT2D eigenvalue weighted by molar-refractivity contribution is 7.89. The Hall–Kier alpha value is -0.660. The zero-order chi connectivity index (χ0) is 13.2. The molecule has 2 fully saturated rings. The summed E-state index contributed by atoms with van der Waals surface area (Å²) in [4.78, 5) is 10.6. The van der Waals surface area contributed by atoms with E-state index >= 15 is 0 Å². The van der Waals surface area contributed by atoms with Crippen molar-refractivity contribution in [2.75, 3.05) is 31.9 Å². The van der Waals surface area contributed by atoms with Crippen molar-refractivity contribution in [2.24, 2.45) is 5.41 Å². The van der Waals surface area contributed by atoms with Gasteiger partial charge in [-0.25, -0.2) is 12.7 Å². The van der Waals surface area contributed by atoms with E-state index < -0.39 is 21.7 Å². The highest BCUT2D eigenvalue weighted by Gasteiger charge is 2.40. The summed E-state index contributed by atoms with van der Waals surface area (Å²) in [5.41, 5.74) is 0.0159. The van der Waals surface area contributed by atoms with Crippen LogP contribution in [0.3, 0.4) is 0 Å². The normalized spacial score (nSPS) is 30.4. The predicted molar refractivity (Wildman–Crippen MR) is 66.8 cm³/mol. The van der Waals surface area contributed by atoms with E-state index in [0.717, 1.165) is 38.8 Å². The molecule has 7 heteroatoms. The topological polar surface area (TPSA) is 86.7 Å². The molecule has 2 aliphatic heterocycles. The standard InChI is InChI=1S/C11H20N2O4S/c14-10(15)7-18(16,17)13-6-2-4-11(9-13)3-1-5-12-8-11/h12H,1-9H2,(H,14,15). The van der Waals surface area contributed by atoms with E-state index in [-0.39, 0.29) is 5.41 Å². The fraction of sp³-hybridized carbons (Fsp3) is 0.909. The average Bonchev–Trinajstić information content (AvgIpc) is 2.28. The Morgan fingerprint density at radius 2 is 2.06 bits per heavy atom. The molecule has 0 aliphatic carbocycles. The Kier molecular flexibility index (Phi) is 3.93. The molecule has 0 aromatic rings. The number of aliphatic carboxylic acids is 1. The van der Waals surface area contributed by atoms with Crippen LogP contribution in [0.5, 0.6) is 0 Å². The summed E-state index contributed by atoms with van der Waals surface area (Å²) in [5.74, 6) is -2.08. The summed E-state index contributed by atoms with van der Waals surface area (Å²) in [7, 11) is -3.65.